The smallest absolute Gasteiger partial charge is 0.408 e. The molecule has 4 rings (SSSR count). The Balaban J connectivity index is 1.45. The fourth-order valence-corrected chi connectivity index (χ4v) is 4.17. The third kappa shape index (κ3) is 3.86. The lowest BCUT2D eigenvalue weighted by Gasteiger charge is -2.07. The first kappa shape index (κ1) is 19.9. The monoisotopic (exact) mass is 425 g/mol. The molecule has 0 aliphatic carbocycles. The normalized spacial score (nSPS) is 11.2. The van der Waals surface area contributed by atoms with Crippen LogP contribution < -0.4 is 5.76 Å². The van der Waals surface area contributed by atoms with Crippen molar-refractivity contribution >= 4 is 28.5 Å². The Bertz CT molecular complexity index is 1250. The summed E-state index contributed by atoms with van der Waals surface area (Å²) in [4.78, 5) is 22.7. The number of aryl methyl sites for hydroxylation is 1. The zero-order valence-electron chi connectivity index (χ0n) is 16.2. The largest absolute Gasteiger partial charge is 0.419 e. The first-order valence-electron chi connectivity index (χ1n) is 9.47. The summed E-state index contributed by atoms with van der Waals surface area (Å²) in [5.74, 6) is 1.02. The molecule has 0 atom stereocenters. The highest BCUT2D eigenvalue weighted by Crippen LogP contribution is 2.25. The van der Waals surface area contributed by atoms with Gasteiger partial charge in [0.2, 0.25) is 0 Å². The number of fused-ring (bicyclic) bond motifs is 1. The minimum atomic E-state index is -0.515. The van der Waals surface area contributed by atoms with Crippen LogP contribution in [0.1, 0.15) is 13.3 Å². The first-order valence-corrected chi connectivity index (χ1v) is 10.5. The molecule has 2 heterocycles. The number of non-ortho nitro benzene ring substituents is 1. The molecule has 0 aliphatic heterocycles. The lowest BCUT2D eigenvalue weighted by atomic mass is 10.2. The van der Waals surface area contributed by atoms with Gasteiger partial charge in [-0.05, 0) is 19.4 Å². The van der Waals surface area contributed by atoms with Crippen LogP contribution in [-0.2, 0) is 13.1 Å². The van der Waals surface area contributed by atoms with E-state index in [1.807, 2.05) is 37.3 Å². The van der Waals surface area contributed by atoms with Crippen molar-refractivity contribution in [1.29, 1.82) is 0 Å². The van der Waals surface area contributed by atoms with Gasteiger partial charge in [-0.3, -0.25) is 14.7 Å². The van der Waals surface area contributed by atoms with Crippen LogP contribution in [0, 0.1) is 10.1 Å². The fourth-order valence-electron chi connectivity index (χ4n) is 3.24. The molecule has 0 aliphatic rings. The molecule has 2 aromatic heterocycles. The molecule has 30 heavy (non-hydrogen) atoms. The van der Waals surface area contributed by atoms with E-state index in [1.165, 1.54) is 22.8 Å². The van der Waals surface area contributed by atoms with Crippen LogP contribution >= 0.6 is 11.8 Å². The third-order valence-corrected chi connectivity index (χ3v) is 5.74. The number of thioether (sulfide) groups is 1. The summed E-state index contributed by atoms with van der Waals surface area (Å²) in [6, 6.07) is 14.0. The minimum Gasteiger partial charge on any atom is -0.408 e. The van der Waals surface area contributed by atoms with Crippen molar-refractivity contribution < 1.29 is 9.34 Å². The fraction of sp³-hybridized carbons (Fsp3) is 0.250. The maximum atomic E-state index is 12.1. The topological polar surface area (TPSA) is 109 Å². The lowest BCUT2D eigenvalue weighted by molar-refractivity contribution is -0.384. The molecule has 0 N–H and O–H groups in total. The van der Waals surface area contributed by atoms with Gasteiger partial charge in [0, 0.05) is 36.5 Å². The van der Waals surface area contributed by atoms with Crippen LogP contribution in [0.5, 0.6) is 0 Å². The molecule has 0 radical (unpaired) electrons. The van der Waals surface area contributed by atoms with Crippen molar-refractivity contribution in [2.24, 2.45) is 0 Å². The molecule has 4 aromatic rings. The average molecular weight is 425 g/mol. The van der Waals surface area contributed by atoms with E-state index in [0.717, 1.165) is 23.1 Å². The van der Waals surface area contributed by atoms with Gasteiger partial charge < -0.3 is 8.98 Å². The van der Waals surface area contributed by atoms with Crippen LogP contribution in [-0.4, -0.2) is 30.0 Å². The van der Waals surface area contributed by atoms with E-state index in [-0.39, 0.29) is 5.69 Å². The van der Waals surface area contributed by atoms with Gasteiger partial charge in [0.05, 0.1) is 10.4 Å². The summed E-state index contributed by atoms with van der Waals surface area (Å²) >= 11 is 1.56. The highest BCUT2D eigenvalue weighted by Gasteiger charge is 2.15. The van der Waals surface area contributed by atoms with Crippen LogP contribution in [0.3, 0.4) is 0 Å². The van der Waals surface area contributed by atoms with Crippen molar-refractivity contribution in [3.63, 3.8) is 0 Å². The zero-order valence-corrected chi connectivity index (χ0v) is 17.0. The summed E-state index contributed by atoms with van der Waals surface area (Å²) < 4.78 is 8.68. The third-order valence-electron chi connectivity index (χ3n) is 4.68. The van der Waals surface area contributed by atoms with Crippen LogP contribution in [0.2, 0.25) is 0 Å². The summed E-state index contributed by atoms with van der Waals surface area (Å²) in [7, 11) is 0. The number of rotatable bonds is 8. The molecule has 0 spiro atoms. The van der Waals surface area contributed by atoms with Gasteiger partial charge in [-0.25, -0.2) is 4.79 Å². The Hall–Kier alpha value is -3.40. The van der Waals surface area contributed by atoms with Crippen LogP contribution in [0.25, 0.3) is 22.5 Å². The number of nitro groups is 1. The van der Waals surface area contributed by atoms with E-state index in [9.17, 15) is 14.9 Å². The van der Waals surface area contributed by atoms with Gasteiger partial charge in [-0.2, -0.15) is 0 Å². The maximum Gasteiger partial charge on any atom is 0.419 e. The van der Waals surface area contributed by atoms with Gasteiger partial charge in [0.1, 0.15) is 0 Å². The zero-order chi connectivity index (χ0) is 21.1. The van der Waals surface area contributed by atoms with Crippen molar-refractivity contribution in [1.82, 2.24) is 19.3 Å². The number of hydrogen-bond donors (Lipinski definition) is 0. The Kier molecular flexibility index (Phi) is 5.66. The van der Waals surface area contributed by atoms with Gasteiger partial charge in [0.25, 0.3) is 5.69 Å². The van der Waals surface area contributed by atoms with E-state index in [2.05, 4.69) is 14.8 Å². The Morgan fingerprint density at radius 3 is 2.67 bits per heavy atom. The Labute approximate surface area is 175 Å². The number of nitro benzene ring substituents is 1. The summed E-state index contributed by atoms with van der Waals surface area (Å²) in [5.41, 5.74) is 1.71. The van der Waals surface area contributed by atoms with Gasteiger partial charge in [-0.1, -0.05) is 42.1 Å². The van der Waals surface area contributed by atoms with Crippen molar-refractivity contribution in [3.05, 3.63) is 69.2 Å². The standard InChI is InChI=1S/C20H19N5O4S/c1-2-23-18(14-7-4-3-5-8-14)21-22-19(23)30-12-6-11-24-16-13-15(25(27)28)9-10-17(16)29-20(24)26/h3-5,7-10,13H,2,6,11-12H2,1H3. The number of nitrogens with zero attached hydrogens (tertiary/aromatic N) is 5. The minimum absolute atomic E-state index is 0.0732. The van der Waals surface area contributed by atoms with E-state index < -0.39 is 10.7 Å². The van der Waals surface area contributed by atoms with Crippen molar-refractivity contribution in [2.75, 3.05) is 5.75 Å². The highest BCUT2D eigenvalue weighted by molar-refractivity contribution is 7.99. The Morgan fingerprint density at radius 1 is 1.13 bits per heavy atom. The summed E-state index contributed by atoms with van der Waals surface area (Å²) in [6.45, 7) is 3.19. The van der Waals surface area contributed by atoms with Crippen LogP contribution in [0.4, 0.5) is 5.69 Å². The molecule has 0 amide bonds. The molecule has 0 saturated carbocycles. The van der Waals surface area contributed by atoms with E-state index >= 15 is 0 Å². The molecule has 0 unspecified atom stereocenters. The molecule has 0 fully saturated rings. The number of hydrogen-bond acceptors (Lipinski definition) is 7. The molecule has 0 bridgehead atoms. The summed E-state index contributed by atoms with van der Waals surface area (Å²) in [6.07, 6.45) is 0.666. The Morgan fingerprint density at radius 2 is 1.93 bits per heavy atom. The van der Waals surface area contributed by atoms with Gasteiger partial charge in [-0.15, -0.1) is 10.2 Å². The molecule has 2 aromatic carbocycles. The molecule has 10 heteroatoms. The summed E-state index contributed by atoms with van der Waals surface area (Å²) in [5, 5.41) is 20.5. The second-order valence-electron chi connectivity index (χ2n) is 6.55. The molecular formula is C20H19N5O4S. The van der Waals surface area contributed by atoms with E-state index in [1.54, 1.807) is 11.8 Å². The van der Waals surface area contributed by atoms with E-state index in [0.29, 0.717) is 29.8 Å². The maximum absolute atomic E-state index is 12.1. The number of benzene rings is 2. The first-order chi connectivity index (χ1) is 14.6. The average Bonchev–Trinajstić information content (AvgIpc) is 3.31. The number of aromatic nitrogens is 4. The molecule has 0 saturated heterocycles. The van der Waals surface area contributed by atoms with Gasteiger partial charge >= 0.3 is 5.76 Å². The number of oxazole rings is 1. The lowest BCUT2D eigenvalue weighted by Crippen LogP contribution is -2.14. The van der Waals surface area contributed by atoms with E-state index in [4.69, 9.17) is 4.42 Å². The van der Waals surface area contributed by atoms with Gasteiger partial charge in [0.15, 0.2) is 16.6 Å². The quantitative estimate of drug-likeness (QED) is 0.182. The SMILES string of the molecule is CCn1c(SCCCn2c(=O)oc3ccc([N+](=O)[O-])cc32)nnc1-c1ccccc1. The predicted octanol–water partition coefficient (Wildman–Crippen LogP) is 3.96. The predicted molar refractivity (Wildman–Crippen MR) is 114 cm³/mol. The molecule has 154 valence electrons. The second-order valence-corrected chi connectivity index (χ2v) is 7.61. The van der Waals surface area contributed by atoms with Crippen molar-refractivity contribution in [3.8, 4) is 11.4 Å². The second kappa shape index (κ2) is 8.54. The van der Waals surface area contributed by atoms with Crippen molar-refractivity contribution in [2.45, 2.75) is 31.6 Å². The van der Waals surface area contributed by atoms with Crippen LogP contribution in [0.15, 0.2) is 62.9 Å². The molecular weight excluding hydrogens is 406 g/mol. The highest BCUT2D eigenvalue weighted by atomic mass is 32.2. The molecule has 9 nitrogen and oxygen atoms in total.